The van der Waals surface area contributed by atoms with Crippen molar-refractivity contribution in [1.82, 2.24) is 15.1 Å². The number of hydrazine groups is 1. The topological polar surface area (TPSA) is 102 Å². The van der Waals surface area contributed by atoms with E-state index in [-0.39, 0.29) is 0 Å². The number of hydrogen-bond donors (Lipinski definition) is 3. The van der Waals surface area contributed by atoms with Gasteiger partial charge in [0.1, 0.15) is 11.6 Å². The molecule has 0 saturated heterocycles. The third kappa shape index (κ3) is 2.45. The first-order chi connectivity index (χ1) is 7.78. The normalized spacial score (nSPS) is 10.1. The fraction of sp³-hybridized carbons (Fsp3) is 0.222. The number of aryl methyl sites for hydroxylation is 1. The Morgan fingerprint density at radius 3 is 2.81 bits per heavy atom. The quantitative estimate of drug-likeness (QED) is 0.514. The van der Waals surface area contributed by atoms with Crippen LogP contribution in [-0.4, -0.2) is 15.1 Å². The molecule has 2 aromatic rings. The summed E-state index contributed by atoms with van der Waals surface area (Å²) in [6, 6.07) is 5.43. The van der Waals surface area contributed by atoms with E-state index in [4.69, 9.17) is 10.4 Å². The monoisotopic (exact) mass is 220 g/mol. The van der Waals surface area contributed by atoms with Gasteiger partial charge < -0.3 is 15.3 Å². The number of nitrogens with one attached hydrogen (secondary N) is 2. The molecule has 0 unspecified atom stereocenters. The highest BCUT2D eigenvalue weighted by Gasteiger charge is 2.02. The Balaban J connectivity index is 1.99. The van der Waals surface area contributed by atoms with Crippen LogP contribution in [0.1, 0.15) is 11.7 Å². The van der Waals surface area contributed by atoms with Crippen molar-refractivity contribution in [3.63, 3.8) is 0 Å². The maximum absolute atomic E-state index is 5.25. The Morgan fingerprint density at radius 2 is 2.12 bits per heavy atom. The largest absolute Gasteiger partial charge is 0.361 e. The van der Waals surface area contributed by atoms with E-state index < -0.39 is 0 Å². The SMILES string of the molecule is Cc1noc(CNc2cccc(NN)n2)n1. The van der Waals surface area contributed by atoms with Gasteiger partial charge in [0.05, 0.1) is 6.54 Å². The van der Waals surface area contributed by atoms with Gasteiger partial charge in [-0.3, -0.25) is 0 Å². The molecular formula is C9H12N6O. The van der Waals surface area contributed by atoms with Crippen LogP contribution in [-0.2, 0) is 6.54 Å². The van der Waals surface area contributed by atoms with Gasteiger partial charge in [0.2, 0.25) is 5.89 Å². The summed E-state index contributed by atoms with van der Waals surface area (Å²) in [4.78, 5) is 8.24. The van der Waals surface area contributed by atoms with Crippen LogP contribution < -0.4 is 16.6 Å². The smallest absolute Gasteiger partial charge is 0.245 e. The molecule has 0 atom stereocenters. The van der Waals surface area contributed by atoms with Gasteiger partial charge in [-0.2, -0.15) is 4.98 Å². The van der Waals surface area contributed by atoms with Crippen LogP contribution in [0, 0.1) is 6.92 Å². The number of nitrogens with two attached hydrogens (primary N) is 1. The molecular weight excluding hydrogens is 208 g/mol. The molecule has 0 spiro atoms. The van der Waals surface area contributed by atoms with Crippen molar-refractivity contribution < 1.29 is 4.52 Å². The summed E-state index contributed by atoms with van der Waals surface area (Å²) in [6.07, 6.45) is 0. The minimum Gasteiger partial charge on any atom is -0.361 e. The molecule has 0 fully saturated rings. The summed E-state index contributed by atoms with van der Waals surface area (Å²) in [6.45, 7) is 2.20. The number of pyridine rings is 1. The Hall–Kier alpha value is -2.15. The second-order valence-corrected chi connectivity index (χ2v) is 3.14. The first kappa shape index (κ1) is 10.4. The van der Waals surface area contributed by atoms with E-state index in [0.717, 1.165) is 0 Å². The molecule has 84 valence electrons. The lowest BCUT2D eigenvalue weighted by molar-refractivity contribution is 0.379. The summed E-state index contributed by atoms with van der Waals surface area (Å²) in [5.74, 6) is 7.66. The lowest BCUT2D eigenvalue weighted by atomic mass is 10.4. The summed E-state index contributed by atoms with van der Waals surface area (Å²) >= 11 is 0. The van der Waals surface area contributed by atoms with E-state index in [1.807, 2.05) is 12.1 Å². The number of aromatic nitrogens is 3. The molecule has 0 aliphatic carbocycles. The van der Waals surface area contributed by atoms with Gasteiger partial charge in [-0.15, -0.1) is 0 Å². The highest BCUT2D eigenvalue weighted by Crippen LogP contribution is 2.08. The van der Waals surface area contributed by atoms with E-state index in [9.17, 15) is 0 Å². The van der Waals surface area contributed by atoms with Crippen LogP contribution in [0.4, 0.5) is 11.6 Å². The number of hydrogen-bond acceptors (Lipinski definition) is 7. The van der Waals surface area contributed by atoms with Gasteiger partial charge in [-0.1, -0.05) is 11.2 Å². The average molecular weight is 220 g/mol. The number of nitrogens with zero attached hydrogens (tertiary/aromatic N) is 3. The zero-order valence-electron chi connectivity index (χ0n) is 8.77. The molecule has 0 radical (unpaired) electrons. The lowest BCUT2D eigenvalue weighted by Crippen LogP contribution is -2.09. The molecule has 0 saturated carbocycles. The molecule has 4 N–H and O–H groups in total. The molecule has 7 nitrogen and oxygen atoms in total. The van der Waals surface area contributed by atoms with Crippen molar-refractivity contribution in [3.05, 3.63) is 29.9 Å². The third-order valence-corrected chi connectivity index (χ3v) is 1.89. The Kier molecular flexibility index (Phi) is 2.97. The molecule has 0 aliphatic heterocycles. The molecule has 0 aliphatic rings. The highest BCUT2D eigenvalue weighted by molar-refractivity contribution is 5.44. The molecule has 2 heterocycles. The van der Waals surface area contributed by atoms with Crippen molar-refractivity contribution in [3.8, 4) is 0 Å². The summed E-state index contributed by atoms with van der Waals surface area (Å²) in [5, 5.41) is 6.73. The second-order valence-electron chi connectivity index (χ2n) is 3.14. The van der Waals surface area contributed by atoms with Crippen molar-refractivity contribution in [2.24, 2.45) is 5.84 Å². The molecule has 2 aromatic heterocycles. The van der Waals surface area contributed by atoms with E-state index in [2.05, 4.69) is 25.9 Å². The third-order valence-electron chi connectivity index (χ3n) is 1.89. The minimum absolute atomic E-state index is 0.432. The van der Waals surface area contributed by atoms with Crippen LogP contribution in [0.15, 0.2) is 22.7 Å². The molecule has 2 rings (SSSR count). The standard InChI is InChI=1S/C9H12N6O/c1-6-12-9(16-15-6)5-11-7-3-2-4-8(13-7)14-10/h2-4H,5,10H2,1H3,(H2,11,13,14). The number of nitrogen functional groups attached to an aromatic ring is 1. The van der Waals surface area contributed by atoms with Gasteiger partial charge in [-0.25, -0.2) is 10.8 Å². The fourth-order valence-electron chi connectivity index (χ4n) is 1.19. The van der Waals surface area contributed by atoms with E-state index in [1.54, 1.807) is 13.0 Å². The maximum Gasteiger partial charge on any atom is 0.245 e. The fourth-order valence-corrected chi connectivity index (χ4v) is 1.19. The summed E-state index contributed by atoms with van der Waals surface area (Å²) in [7, 11) is 0. The molecule has 7 heteroatoms. The van der Waals surface area contributed by atoms with Gasteiger partial charge in [0.15, 0.2) is 5.82 Å². The second kappa shape index (κ2) is 4.58. The Labute approximate surface area is 92.0 Å². The van der Waals surface area contributed by atoms with Crippen molar-refractivity contribution in [2.45, 2.75) is 13.5 Å². The Morgan fingerprint density at radius 1 is 1.31 bits per heavy atom. The van der Waals surface area contributed by atoms with Crippen molar-refractivity contribution >= 4 is 11.6 Å². The lowest BCUT2D eigenvalue weighted by Gasteiger charge is -2.04. The zero-order chi connectivity index (χ0) is 11.4. The molecule has 0 amide bonds. The first-order valence-electron chi connectivity index (χ1n) is 4.74. The van der Waals surface area contributed by atoms with Gasteiger partial charge in [0, 0.05) is 0 Å². The Bertz CT molecular complexity index is 469. The summed E-state index contributed by atoms with van der Waals surface area (Å²) < 4.78 is 4.95. The van der Waals surface area contributed by atoms with Crippen molar-refractivity contribution in [1.29, 1.82) is 0 Å². The maximum atomic E-state index is 5.25. The predicted molar refractivity (Wildman–Crippen MR) is 58.4 cm³/mol. The summed E-state index contributed by atoms with van der Waals surface area (Å²) in [5.41, 5.74) is 2.47. The van der Waals surface area contributed by atoms with Crippen LogP contribution >= 0.6 is 0 Å². The van der Waals surface area contributed by atoms with Crippen LogP contribution in [0.25, 0.3) is 0 Å². The number of rotatable bonds is 4. The van der Waals surface area contributed by atoms with Crippen LogP contribution in [0.5, 0.6) is 0 Å². The van der Waals surface area contributed by atoms with Crippen LogP contribution in [0.2, 0.25) is 0 Å². The molecule has 0 bridgehead atoms. The van der Waals surface area contributed by atoms with Gasteiger partial charge in [-0.05, 0) is 19.1 Å². The van der Waals surface area contributed by atoms with Crippen LogP contribution in [0.3, 0.4) is 0 Å². The van der Waals surface area contributed by atoms with E-state index >= 15 is 0 Å². The van der Waals surface area contributed by atoms with E-state index in [0.29, 0.717) is 29.9 Å². The molecule has 0 aromatic carbocycles. The molecule has 16 heavy (non-hydrogen) atoms. The minimum atomic E-state index is 0.432. The average Bonchev–Trinajstić information content (AvgIpc) is 2.73. The predicted octanol–water partition coefficient (Wildman–Crippen LogP) is 0.671. The van der Waals surface area contributed by atoms with Gasteiger partial charge in [0.25, 0.3) is 0 Å². The number of anilines is 2. The van der Waals surface area contributed by atoms with Crippen molar-refractivity contribution in [2.75, 3.05) is 10.7 Å². The zero-order valence-corrected chi connectivity index (χ0v) is 8.77. The highest BCUT2D eigenvalue weighted by atomic mass is 16.5. The van der Waals surface area contributed by atoms with Gasteiger partial charge >= 0.3 is 0 Å². The first-order valence-corrected chi connectivity index (χ1v) is 4.74. The van der Waals surface area contributed by atoms with E-state index in [1.165, 1.54) is 0 Å².